The van der Waals surface area contributed by atoms with Crippen LogP contribution in [0.3, 0.4) is 0 Å². The van der Waals surface area contributed by atoms with Crippen LogP contribution in [-0.2, 0) is 5.75 Å². The van der Waals surface area contributed by atoms with E-state index in [1.54, 1.807) is 7.11 Å². The zero-order chi connectivity index (χ0) is 10.6. The van der Waals surface area contributed by atoms with Gasteiger partial charge in [-0.3, -0.25) is 0 Å². The summed E-state index contributed by atoms with van der Waals surface area (Å²) in [6.45, 7) is 4.42. The van der Waals surface area contributed by atoms with Crippen LogP contribution in [0.1, 0.15) is 19.4 Å². The monoisotopic (exact) mass is 274 g/mol. The second kappa shape index (κ2) is 5.66. The van der Waals surface area contributed by atoms with E-state index in [-0.39, 0.29) is 0 Å². The topological polar surface area (TPSA) is 9.23 Å². The summed E-state index contributed by atoms with van der Waals surface area (Å²) in [4.78, 5) is 0. The summed E-state index contributed by atoms with van der Waals surface area (Å²) in [6, 6.07) is 6.25. The van der Waals surface area contributed by atoms with E-state index >= 15 is 0 Å². The van der Waals surface area contributed by atoms with Crippen molar-refractivity contribution in [1.29, 1.82) is 0 Å². The highest BCUT2D eigenvalue weighted by molar-refractivity contribution is 9.10. The molecule has 1 rings (SSSR count). The summed E-state index contributed by atoms with van der Waals surface area (Å²) in [6.07, 6.45) is 0. The first-order valence-electron chi connectivity index (χ1n) is 4.57. The fourth-order valence-electron chi connectivity index (χ4n) is 1.06. The largest absolute Gasteiger partial charge is 0.496 e. The van der Waals surface area contributed by atoms with Crippen molar-refractivity contribution < 1.29 is 4.74 Å². The molecule has 1 nitrogen and oxygen atoms in total. The molecule has 0 fully saturated rings. The lowest BCUT2D eigenvalue weighted by molar-refractivity contribution is 0.412. The molecule has 0 unspecified atom stereocenters. The number of methoxy groups -OCH3 is 1. The molecule has 1 aromatic carbocycles. The lowest BCUT2D eigenvalue weighted by Crippen LogP contribution is -1.91. The number of halogens is 1. The SMILES string of the molecule is COc1cc(CSC(C)C)ccc1Br. The Hall–Kier alpha value is -0.150. The average molecular weight is 275 g/mol. The Morgan fingerprint density at radius 3 is 2.71 bits per heavy atom. The molecule has 0 bridgehead atoms. The highest BCUT2D eigenvalue weighted by atomic mass is 79.9. The van der Waals surface area contributed by atoms with Gasteiger partial charge in [-0.25, -0.2) is 0 Å². The molecule has 0 radical (unpaired) electrons. The third-order valence-electron chi connectivity index (χ3n) is 1.80. The normalized spacial score (nSPS) is 10.6. The predicted molar refractivity (Wildman–Crippen MR) is 67.1 cm³/mol. The highest BCUT2D eigenvalue weighted by Crippen LogP contribution is 2.27. The van der Waals surface area contributed by atoms with Gasteiger partial charge in [-0.1, -0.05) is 19.9 Å². The van der Waals surface area contributed by atoms with E-state index in [9.17, 15) is 0 Å². The van der Waals surface area contributed by atoms with Crippen LogP contribution in [0, 0.1) is 0 Å². The number of ether oxygens (including phenoxy) is 1. The maximum atomic E-state index is 5.24. The van der Waals surface area contributed by atoms with Crippen LogP contribution in [-0.4, -0.2) is 12.4 Å². The molecule has 0 atom stereocenters. The second-order valence-corrected chi connectivity index (χ2v) is 5.75. The van der Waals surface area contributed by atoms with Crippen molar-refractivity contribution in [3.05, 3.63) is 28.2 Å². The molecule has 1 aromatic rings. The molecule has 78 valence electrons. The van der Waals surface area contributed by atoms with E-state index in [1.165, 1.54) is 5.56 Å². The van der Waals surface area contributed by atoms with E-state index in [2.05, 4.69) is 41.9 Å². The lowest BCUT2D eigenvalue weighted by atomic mass is 10.2. The standard InChI is InChI=1S/C11H15BrOS/c1-8(2)14-7-9-4-5-10(12)11(6-9)13-3/h4-6,8H,7H2,1-3H3. The molecule has 14 heavy (non-hydrogen) atoms. The van der Waals surface area contributed by atoms with Crippen molar-refractivity contribution in [3.63, 3.8) is 0 Å². The minimum atomic E-state index is 0.671. The molecule has 0 aliphatic carbocycles. The molecular formula is C11H15BrOS. The second-order valence-electron chi connectivity index (χ2n) is 3.33. The summed E-state index contributed by atoms with van der Waals surface area (Å²) < 4.78 is 6.25. The first kappa shape index (κ1) is 11.9. The zero-order valence-electron chi connectivity index (χ0n) is 8.71. The van der Waals surface area contributed by atoms with E-state index in [4.69, 9.17) is 4.74 Å². The van der Waals surface area contributed by atoms with Crippen LogP contribution in [0.5, 0.6) is 5.75 Å². The molecule has 0 aliphatic rings. The molecule has 0 saturated carbocycles. The molecule has 0 N–H and O–H groups in total. The van der Waals surface area contributed by atoms with Gasteiger partial charge in [0.25, 0.3) is 0 Å². The van der Waals surface area contributed by atoms with E-state index in [1.807, 2.05) is 17.8 Å². The summed E-state index contributed by atoms with van der Waals surface area (Å²) in [5.74, 6) is 1.95. The Kier molecular flexibility index (Phi) is 4.82. The molecule has 0 saturated heterocycles. The Bertz CT molecular complexity index is 299. The third kappa shape index (κ3) is 3.54. The van der Waals surface area contributed by atoms with Crippen LogP contribution < -0.4 is 4.74 Å². The van der Waals surface area contributed by atoms with Crippen molar-refractivity contribution in [1.82, 2.24) is 0 Å². The summed E-state index contributed by atoms with van der Waals surface area (Å²) in [7, 11) is 1.69. The summed E-state index contributed by atoms with van der Waals surface area (Å²) in [5, 5.41) is 0.671. The fraction of sp³-hybridized carbons (Fsp3) is 0.455. The van der Waals surface area contributed by atoms with Crippen LogP contribution in [0.2, 0.25) is 0 Å². The minimum Gasteiger partial charge on any atom is -0.496 e. The summed E-state index contributed by atoms with van der Waals surface area (Å²) in [5.41, 5.74) is 1.31. The van der Waals surface area contributed by atoms with E-state index < -0.39 is 0 Å². The Morgan fingerprint density at radius 1 is 1.43 bits per heavy atom. The Balaban J connectivity index is 2.69. The highest BCUT2D eigenvalue weighted by Gasteiger charge is 2.02. The smallest absolute Gasteiger partial charge is 0.133 e. The molecule has 3 heteroatoms. The van der Waals surface area contributed by atoms with Gasteiger partial charge < -0.3 is 4.74 Å². The van der Waals surface area contributed by atoms with Crippen LogP contribution >= 0.6 is 27.7 Å². The van der Waals surface area contributed by atoms with Crippen molar-refractivity contribution in [2.75, 3.05) is 7.11 Å². The summed E-state index contributed by atoms with van der Waals surface area (Å²) >= 11 is 5.38. The fourth-order valence-corrected chi connectivity index (χ4v) is 2.17. The van der Waals surface area contributed by atoms with E-state index in [0.29, 0.717) is 5.25 Å². The minimum absolute atomic E-state index is 0.671. The van der Waals surface area contributed by atoms with Gasteiger partial charge in [0.1, 0.15) is 5.75 Å². The maximum absolute atomic E-state index is 5.24. The molecule has 0 heterocycles. The Morgan fingerprint density at radius 2 is 2.14 bits per heavy atom. The van der Waals surface area contributed by atoms with Gasteiger partial charge in [0.15, 0.2) is 0 Å². The number of thioether (sulfide) groups is 1. The first-order valence-corrected chi connectivity index (χ1v) is 6.41. The zero-order valence-corrected chi connectivity index (χ0v) is 11.1. The molecule has 0 aliphatic heterocycles. The van der Waals surface area contributed by atoms with Gasteiger partial charge >= 0.3 is 0 Å². The van der Waals surface area contributed by atoms with Gasteiger partial charge in [0.2, 0.25) is 0 Å². The van der Waals surface area contributed by atoms with Crippen molar-refractivity contribution >= 4 is 27.7 Å². The van der Waals surface area contributed by atoms with Crippen molar-refractivity contribution in [3.8, 4) is 5.75 Å². The van der Waals surface area contributed by atoms with Crippen LogP contribution in [0.4, 0.5) is 0 Å². The predicted octanol–water partition coefficient (Wildman–Crippen LogP) is 4.10. The maximum Gasteiger partial charge on any atom is 0.133 e. The quantitative estimate of drug-likeness (QED) is 0.818. The van der Waals surface area contributed by atoms with Crippen molar-refractivity contribution in [2.45, 2.75) is 24.9 Å². The van der Waals surface area contributed by atoms with Gasteiger partial charge in [-0.05, 0) is 38.9 Å². The van der Waals surface area contributed by atoms with Gasteiger partial charge in [-0.2, -0.15) is 11.8 Å². The van der Waals surface area contributed by atoms with Crippen molar-refractivity contribution in [2.24, 2.45) is 0 Å². The molecular weight excluding hydrogens is 260 g/mol. The molecule has 0 aromatic heterocycles. The number of hydrogen-bond acceptors (Lipinski definition) is 2. The molecule has 0 amide bonds. The number of benzene rings is 1. The third-order valence-corrected chi connectivity index (χ3v) is 3.62. The Labute approximate surface area is 98.4 Å². The van der Waals surface area contributed by atoms with Gasteiger partial charge in [0.05, 0.1) is 11.6 Å². The van der Waals surface area contributed by atoms with Gasteiger partial charge in [-0.15, -0.1) is 0 Å². The molecule has 0 spiro atoms. The number of rotatable bonds is 4. The first-order chi connectivity index (χ1) is 6.63. The average Bonchev–Trinajstić information content (AvgIpc) is 2.16. The van der Waals surface area contributed by atoms with Crippen LogP contribution in [0.25, 0.3) is 0 Å². The lowest BCUT2D eigenvalue weighted by Gasteiger charge is -2.08. The number of hydrogen-bond donors (Lipinski definition) is 0. The van der Waals surface area contributed by atoms with Gasteiger partial charge in [0, 0.05) is 5.75 Å². The van der Waals surface area contributed by atoms with E-state index in [0.717, 1.165) is 16.0 Å². The van der Waals surface area contributed by atoms with Crippen LogP contribution in [0.15, 0.2) is 22.7 Å².